The van der Waals surface area contributed by atoms with Crippen molar-refractivity contribution in [1.82, 2.24) is 4.98 Å². The smallest absolute Gasteiger partial charge is 0.355 e. The van der Waals surface area contributed by atoms with Crippen molar-refractivity contribution < 1.29 is 22.9 Å². The third-order valence-electron chi connectivity index (χ3n) is 2.55. The lowest BCUT2D eigenvalue weighted by atomic mass is 10.1. The van der Waals surface area contributed by atoms with E-state index in [0.717, 1.165) is 6.20 Å². The zero-order valence-corrected chi connectivity index (χ0v) is 9.32. The lowest BCUT2D eigenvalue weighted by molar-refractivity contribution is -0.383. The molecule has 0 atom stereocenters. The molecule has 1 aromatic carbocycles. The number of fused-ring (bicyclic) bond motifs is 1. The van der Waals surface area contributed by atoms with Crippen LogP contribution in [0.3, 0.4) is 0 Å². The summed E-state index contributed by atoms with van der Waals surface area (Å²) in [4.78, 5) is 24.1. The van der Waals surface area contributed by atoms with Crippen molar-refractivity contribution in [2.24, 2.45) is 0 Å². The molecule has 0 aliphatic carbocycles. The molecule has 0 saturated heterocycles. The van der Waals surface area contributed by atoms with Gasteiger partial charge in [-0.15, -0.1) is 0 Å². The average Bonchev–Trinajstić information content (AvgIpc) is 2.69. The Morgan fingerprint density at radius 2 is 2.05 bits per heavy atom. The van der Waals surface area contributed by atoms with Gasteiger partial charge in [0.15, 0.2) is 5.78 Å². The monoisotopic (exact) mass is 272 g/mol. The third-order valence-corrected chi connectivity index (χ3v) is 2.55. The van der Waals surface area contributed by atoms with Crippen molar-refractivity contribution in [3.63, 3.8) is 0 Å². The van der Waals surface area contributed by atoms with Crippen molar-refractivity contribution in [1.29, 1.82) is 0 Å². The Kier molecular flexibility index (Phi) is 3.01. The second kappa shape index (κ2) is 4.38. The number of nitrogens with one attached hydrogen (secondary N) is 1. The predicted octanol–water partition coefficient (Wildman–Crippen LogP) is 3.21. The van der Waals surface area contributed by atoms with Crippen LogP contribution >= 0.6 is 0 Å². The number of ketones is 1. The summed E-state index contributed by atoms with van der Waals surface area (Å²) in [5.41, 5.74) is -0.447. The second-order valence-electron chi connectivity index (χ2n) is 3.87. The van der Waals surface area contributed by atoms with E-state index in [1.165, 1.54) is 18.2 Å². The van der Waals surface area contributed by atoms with Crippen LogP contribution in [-0.2, 0) is 0 Å². The van der Waals surface area contributed by atoms with Crippen molar-refractivity contribution >= 4 is 22.4 Å². The van der Waals surface area contributed by atoms with Crippen LogP contribution in [0.25, 0.3) is 10.9 Å². The van der Waals surface area contributed by atoms with Gasteiger partial charge >= 0.3 is 6.18 Å². The quantitative estimate of drug-likeness (QED) is 0.529. The first kappa shape index (κ1) is 13.1. The lowest BCUT2D eigenvalue weighted by Gasteiger charge is -2.04. The molecule has 0 bridgehead atoms. The molecule has 0 radical (unpaired) electrons. The summed E-state index contributed by atoms with van der Waals surface area (Å²) >= 11 is 0. The number of non-ortho nitro benzene ring substituents is 1. The number of aromatic nitrogens is 1. The first-order chi connectivity index (χ1) is 8.79. The van der Waals surface area contributed by atoms with Gasteiger partial charge in [-0.3, -0.25) is 14.9 Å². The summed E-state index contributed by atoms with van der Waals surface area (Å²) < 4.78 is 36.5. The topological polar surface area (TPSA) is 76.0 Å². The maximum atomic E-state index is 12.2. The van der Waals surface area contributed by atoms with Crippen molar-refractivity contribution in [2.75, 3.05) is 0 Å². The highest BCUT2D eigenvalue weighted by atomic mass is 19.4. The molecule has 19 heavy (non-hydrogen) atoms. The Labute approximate surface area is 104 Å². The number of aromatic amines is 1. The molecule has 2 rings (SSSR count). The molecule has 2 aromatic rings. The first-order valence-corrected chi connectivity index (χ1v) is 5.14. The minimum Gasteiger partial charge on any atom is -0.355 e. The normalized spacial score (nSPS) is 11.7. The third kappa shape index (κ3) is 2.56. The molecule has 0 spiro atoms. The Balaban J connectivity index is 2.50. The van der Waals surface area contributed by atoms with Crippen molar-refractivity contribution in [3.05, 3.63) is 40.1 Å². The summed E-state index contributed by atoms with van der Waals surface area (Å²) in [6.07, 6.45) is -5.14. The van der Waals surface area contributed by atoms with E-state index in [0.29, 0.717) is 0 Å². The van der Waals surface area contributed by atoms with Crippen LogP contribution < -0.4 is 0 Å². The summed E-state index contributed by atoms with van der Waals surface area (Å²) in [7, 11) is 0. The van der Waals surface area contributed by atoms with E-state index >= 15 is 0 Å². The summed E-state index contributed by atoms with van der Waals surface area (Å²) in [6, 6.07) is 3.89. The number of para-hydroxylation sites is 1. The maximum Gasteiger partial charge on any atom is 0.396 e. The van der Waals surface area contributed by atoms with Gasteiger partial charge < -0.3 is 4.98 Å². The van der Waals surface area contributed by atoms with Gasteiger partial charge in [0.05, 0.1) is 4.92 Å². The highest BCUT2D eigenvalue weighted by Gasteiger charge is 2.32. The number of carbonyl (C=O) groups excluding carboxylic acids is 1. The second-order valence-corrected chi connectivity index (χ2v) is 3.87. The van der Waals surface area contributed by atoms with Gasteiger partial charge in [0.2, 0.25) is 0 Å². The van der Waals surface area contributed by atoms with Gasteiger partial charge in [0, 0.05) is 23.2 Å². The summed E-state index contributed by atoms with van der Waals surface area (Å²) in [6.45, 7) is 0. The number of rotatable bonds is 3. The van der Waals surface area contributed by atoms with Gasteiger partial charge in [-0.05, 0) is 0 Å². The fourth-order valence-corrected chi connectivity index (χ4v) is 1.80. The molecule has 1 heterocycles. The summed E-state index contributed by atoms with van der Waals surface area (Å²) in [5.74, 6) is -1.13. The minimum atomic E-state index is -4.61. The SMILES string of the molecule is O=C(CC(F)(F)F)c1c[nH]c2c([N+](=O)[O-])cccc12. The van der Waals surface area contributed by atoms with Gasteiger partial charge in [0.1, 0.15) is 11.9 Å². The van der Waals surface area contributed by atoms with Crippen LogP contribution in [0, 0.1) is 10.1 Å². The van der Waals surface area contributed by atoms with Crippen molar-refractivity contribution in [2.45, 2.75) is 12.6 Å². The molecule has 0 unspecified atom stereocenters. The van der Waals surface area contributed by atoms with Crippen molar-refractivity contribution in [3.8, 4) is 0 Å². The van der Waals surface area contributed by atoms with Crippen LogP contribution in [-0.4, -0.2) is 21.9 Å². The molecule has 5 nitrogen and oxygen atoms in total. The van der Waals surface area contributed by atoms with E-state index in [4.69, 9.17) is 0 Å². The molecule has 0 amide bonds. The first-order valence-electron chi connectivity index (χ1n) is 5.14. The van der Waals surface area contributed by atoms with E-state index in [1.54, 1.807) is 0 Å². The van der Waals surface area contributed by atoms with Gasteiger partial charge in [-0.1, -0.05) is 12.1 Å². The van der Waals surface area contributed by atoms with E-state index in [1.807, 2.05) is 0 Å². The number of Topliss-reactive ketones (excluding diaryl/α,β-unsaturated/α-hetero) is 1. The number of nitrogens with zero attached hydrogens (tertiary/aromatic N) is 1. The molecule has 0 fully saturated rings. The number of alkyl halides is 3. The molecule has 100 valence electrons. The Hall–Kier alpha value is -2.38. The molecule has 0 aliphatic heterocycles. The standard InChI is InChI=1S/C11H7F3N2O3/c12-11(13,14)4-9(17)7-5-15-10-6(7)2-1-3-8(10)16(18)19/h1-3,5,15H,4H2. The van der Waals surface area contributed by atoms with E-state index < -0.39 is 23.3 Å². The van der Waals surface area contributed by atoms with E-state index in [9.17, 15) is 28.1 Å². The number of hydrogen-bond donors (Lipinski definition) is 1. The van der Waals surface area contributed by atoms with Gasteiger partial charge in [0.25, 0.3) is 5.69 Å². The summed E-state index contributed by atoms with van der Waals surface area (Å²) in [5, 5.41) is 10.9. The number of H-pyrrole nitrogens is 1. The van der Waals surface area contributed by atoms with E-state index in [-0.39, 0.29) is 22.2 Å². The largest absolute Gasteiger partial charge is 0.396 e. The number of halogens is 3. The van der Waals surface area contributed by atoms with Crippen LogP contribution in [0.2, 0.25) is 0 Å². The van der Waals surface area contributed by atoms with Gasteiger partial charge in [-0.25, -0.2) is 0 Å². The lowest BCUT2D eigenvalue weighted by Crippen LogP contribution is -2.14. The number of hydrogen-bond acceptors (Lipinski definition) is 3. The zero-order valence-electron chi connectivity index (χ0n) is 9.32. The van der Waals surface area contributed by atoms with Gasteiger partial charge in [-0.2, -0.15) is 13.2 Å². The van der Waals surface area contributed by atoms with Crippen LogP contribution in [0.5, 0.6) is 0 Å². The maximum absolute atomic E-state index is 12.2. The fourth-order valence-electron chi connectivity index (χ4n) is 1.80. The average molecular weight is 272 g/mol. The molecule has 1 N–H and O–H groups in total. The van der Waals surface area contributed by atoms with E-state index in [2.05, 4.69) is 4.98 Å². The Bertz CT molecular complexity index is 661. The highest BCUT2D eigenvalue weighted by Crippen LogP contribution is 2.29. The minimum absolute atomic E-state index is 0.0398. The number of carbonyl (C=O) groups is 1. The predicted molar refractivity (Wildman–Crippen MR) is 60.0 cm³/mol. The Morgan fingerprint density at radius 3 is 2.63 bits per heavy atom. The number of nitro groups is 1. The number of nitro benzene ring substituents is 1. The molecule has 0 aliphatic rings. The number of benzene rings is 1. The molecule has 0 saturated carbocycles. The molecular weight excluding hydrogens is 265 g/mol. The van der Waals surface area contributed by atoms with Crippen LogP contribution in [0.1, 0.15) is 16.8 Å². The fraction of sp³-hybridized carbons (Fsp3) is 0.182. The molecular formula is C11H7F3N2O3. The highest BCUT2D eigenvalue weighted by molar-refractivity contribution is 6.09. The zero-order chi connectivity index (χ0) is 14.2. The van der Waals surface area contributed by atoms with Crippen LogP contribution in [0.4, 0.5) is 18.9 Å². The Morgan fingerprint density at radius 1 is 1.37 bits per heavy atom. The van der Waals surface area contributed by atoms with Crippen LogP contribution in [0.15, 0.2) is 24.4 Å². The molecule has 8 heteroatoms. The molecule has 1 aromatic heterocycles.